The van der Waals surface area contributed by atoms with E-state index in [2.05, 4.69) is 30.5 Å². The minimum Gasteiger partial charge on any atom is -0.491 e. The highest BCUT2D eigenvalue weighted by Crippen LogP contribution is 2.48. The van der Waals surface area contributed by atoms with Crippen LogP contribution in [0.3, 0.4) is 0 Å². The molecule has 0 radical (unpaired) electrons. The molecule has 0 aliphatic heterocycles. The van der Waals surface area contributed by atoms with Crippen molar-refractivity contribution >= 4 is 44.3 Å². The average Bonchev–Trinajstić information content (AvgIpc) is 3.78. The number of sulfonamides is 1. The number of anilines is 1. The molecule has 1 aliphatic carbocycles. The third kappa shape index (κ3) is 9.35. The maximum atomic E-state index is 15.5. The Kier molecular flexibility index (Phi) is 12.2. The summed E-state index contributed by atoms with van der Waals surface area (Å²) in [5.41, 5.74) is -5.17. The van der Waals surface area contributed by atoms with Crippen LogP contribution in [0.5, 0.6) is 5.75 Å². The van der Waals surface area contributed by atoms with Gasteiger partial charge in [0.25, 0.3) is 17.9 Å². The number of carbonyl (C=O) groups is 1. The van der Waals surface area contributed by atoms with E-state index in [-0.39, 0.29) is 34.5 Å². The lowest BCUT2D eigenvalue weighted by molar-refractivity contribution is -0.141. The van der Waals surface area contributed by atoms with E-state index in [0.29, 0.717) is 26.3 Å². The summed E-state index contributed by atoms with van der Waals surface area (Å²) in [6.07, 6.45) is -6.39. The van der Waals surface area contributed by atoms with Gasteiger partial charge in [-0.1, -0.05) is 18.5 Å². The van der Waals surface area contributed by atoms with Crippen LogP contribution in [0.2, 0.25) is 5.02 Å². The van der Waals surface area contributed by atoms with Crippen LogP contribution in [-0.4, -0.2) is 72.4 Å². The molecule has 26 heteroatoms. The second kappa shape index (κ2) is 17.0. The molecule has 1 amide bonds. The van der Waals surface area contributed by atoms with Gasteiger partial charge in [-0.25, -0.2) is 40.9 Å². The quantitative estimate of drug-likeness (QED) is 0.110. The van der Waals surface area contributed by atoms with Gasteiger partial charge in [0.05, 0.1) is 52.9 Å². The molecular formula is C38H32ClF9N10O5S. The van der Waals surface area contributed by atoms with Gasteiger partial charge in [0, 0.05) is 30.0 Å². The number of halogens is 10. The van der Waals surface area contributed by atoms with E-state index in [9.17, 15) is 48.7 Å². The zero-order valence-electron chi connectivity index (χ0n) is 33.2. The Morgan fingerprint density at radius 3 is 2.33 bits per heavy atom. The number of aromatic nitrogens is 8. The number of rotatable bonds is 14. The average molecular weight is 947 g/mol. The van der Waals surface area contributed by atoms with Crippen LogP contribution in [0, 0.1) is 17.6 Å². The molecule has 340 valence electrons. The van der Waals surface area contributed by atoms with Crippen molar-refractivity contribution in [2.24, 2.45) is 5.92 Å². The topological polar surface area (TPSA) is 181 Å². The summed E-state index contributed by atoms with van der Waals surface area (Å²) in [5.74, 6) is -9.97. The van der Waals surface area contributed by atoms with E-state index >= 15 is 8.78 Å². The van der Waals surface area contributed by atoms with E-state index < -0.39 is 135 Å². The molecule has 0 spiro atoms. The number of hydrogen-bond donors (Lipinski definition) is 2. The van der Waals surface area contributed by atoms with Gasteiger partial charge in [0.1, 0.15) is 47.6 Å². The van der Waals surface area contributed by atoms with Crippen LogP contribution >= 0.6 is 11.6 Å². The molecule has 1 aliphatic rings. The largest absolute Gasteiger partial charge is 0.491 e. The highest BCUT2D eigenvalue weighted by Gasteiger charge is 2.51. The summed E-state index contributed by atoms with van der Waals surface area (Å²) < 4.78 is 164. The van der Waals surface area contributed by atoms with Gasteiger partial charge in [-0.2, -0.15) is 32.1 Å². The van der Waals surface area contributed by atoms with Crippen LogP contribution in [0.4, 0.5) is 45.3 Å². The minimum atomic E-state index is -5.02. The van der Waals surface area contributed by atoms with E-state index in [4.69, 9.17) is 16.3 Å². The van der Waals surface area contributed by atoms with E-state index in [1.54, 1.807) is 6.92 Å². The highest BCUT2D eigenvalue weighted by atomic mass is 35.5. The van der Waals surface area contributed by atoms with Crippen LogP contribution < -0.4 is 20.3 Å². The van der Waals surface area contributed by atoms with E-state index in [1.165, 1.54) is 12.4 Å². The van der Waals surface area contributed by atoms with Crippen molar-refractivity contribution in [1.29, 1.82) is 0 Å². The molecule has 7 rings (SSSR count). The number of nitrogens with one attached hydrogen (secondary N) is 2. The first-order chi connectivity index (χ1) is 29.9. The van der Waals surface area contributed by atoms with Crippen LogP contribution in [0.25, 0.3) is 28.1 Å². The number of alkyl halides is 7. The molecule has 6 aromatic rings. The summed E-state index contributed by atoms with van der Waals surface area (Å²) in [6.45, 7) is -0.0145. The number of amides is 1. The molecular weight excluding hydrogens is 915 g/mol. The van der Waals surface area contributed by atoms with Crippen molar-refractivity contribution in [2.75, 3.05) is 17.6 Å². The predicted molar refractivity (Wildman–Crippen MR) is 210 cm³/mol. The van der Waals surface area contributed by atoms with Gasteiger partial charge >= 0.3 is 6.18 Å². The molecule has 0 fully saturated rings. The first-order valence-electron chi connectivity index (χ1n) is 18.8. The monoisotopic (exact) mass is 946 g/mol. The Balaban J connectivity index is 1.48. The Labute approximate surface area is 360 Å². The van der Waals surface area contributed by atoms with Crippen LogP contribution in [0.15, 0.2) is 53.6 Å². The lowest BCUT2D eigenvalue weighted by atomic mass is 10.0. The molecule has 15 nitrogen and oxygen atoms in total. The Morgan fingerprint density at radius 1 is 1.05 bits per heavy atom. The Hall–Kier alpha value is -6.24. The van der Waals surface area contributed by atoms with Gasteiger partial charge in [-0.15, -0.1) is 0 Å². The van der Waals surface area contributed by atoms with Crippen molar-refractivity contribution in [1.82, 2.24) is 44.4 Å². The molecule has 0 saturated heterocycles. The van der Waals surface area contributed by atoms with Crippen molar-refractivity contribution < 1.29 is 57.5 Å². The normalized spacial score (nSPS) is 15.4. The number of benzene rings is 2. The Morgan fingerprint density at radius 2 is 1.72 bits per heavy atom. The summed E-state index contributed by atoms with van der Waals surface area (Å²) in [5, 5.41) is 9.10. The van der Waals surface area contributed by atoms with Crippen molar-refractivity contribution in [3.63, 3.8) is 0 Å². The maximum Gasteiger partial charge on any atom is 0.408 e. The molecule has 2 unspecified atom stereocenters. The number of ether oxygens (including phenoxy) is 1. The van der Waals surface area contributed by atoms with Gasteiger partial charge in [0.2, 0.25) is 15.9 Å². The number of nitrogens with zero attached hydrogens (tertiary/aromatic N) is 8. The summed E-state index contributed by atoms with van der Waals surface area (Å²) in [7, 11) is -4.24. The fourth-order valence-corrected chi connectivity index (χ4v) is 8.09. The molecule has 2 N–H and O–H groups in total. The molecule has 0 bridgehead atoms. The first kappa shape index (κ1) is 45.8. The highest BCUT2D eigenvalue weighted by molar-refractivity contribution is 7.92. The molecule has 2 atom stereocenters. The smallest absolute Gasteiger partial charge is 0.408 e. The van der Waals surface area contributed by atoms with Gasteiger partial charge in [-0.05, 0) is 43.2 Å². The summed E-state index contributed by atoms with van der Waals surface area (Å²) in [6, 6.07) is 3.37. The maximum absolute atomic E-state index is 15.5. The van der Waals surface area contributed by atoms with E-state index in [1.807, 2.05) is 4.72 Å². The molecule has 0 saturated carbocycles. The number of fused-ring (bicyclic) bond motifs is 2. The lowest BCUT2D eigenvalue weighted by Gasteiger charge is -2.24. The van der Waals surface area contributed by atoms with Gasteiger partial charge in [-0.3, -0.25) is 28.2 Å². The van der Waals surface area contributed by atoms with Crippen LogP contribution in [0.1, 0.15) is 54.7 Å². The standard InChI is InChI=1S/C38H32ClF9N10O5S/c1-4-63-21-13-49-34(50-14-21)24-12-28(60)58(26-6-5-23(39)29-31(26)57(16-37(44,45)46)54-35(29)55-64(3,61)62)36(52-24)25(10-18-8-19(40)11-20(41)9-18)51-27(59)15-56-32-22(30(53-56)33(42)43)7-17(2)38(32,47)48/h5-6,8-9,11-14,17,25,33H,4,7,10,15-16H2,1-3H3,(H,51,59)(H,54,55). The minimum absolute atomic E-state index is 0.193. The third-order valence-corrected chi connectivity index (χ3v) is 10.7. The molecule has 2 aromatic carbocycles. The SMILES string of the molecule is CCOc1cnc(-c2cc(=O)n(-c3ccc(Cl)c4c(NS(C)(=O)=O)nn(CC(F)(F)F)c34)c(C(Cc3cc(F)cc(F)c3)NC(=O)Cn3nc(C(F)F)c4c3C(F)(F)C(C)C4)n2)nc1. The van der Waals surface area contributed by atoms with E-state index in [0.717, 1.165) is 37.3 Å². The van der Waals surface area contributed by atoms with Crippen molar-refractivity contribution in [3.8, 4) is 23.0 Å². The fraction of sp³-hybridized carbons (Fsp3) is 0.342. The second-order valence-electron chi connectivity index (χ2n) is 14.6. The predicted octanol–water partition coefficient (Wildman–Crippen LogP) is 6.82. The molecule has 4 aromatic heterocycles. The van der Waals surface area contributed by atoms with Crippen molar-refractivity contribution in [3.05, 3.63) is 104 Å². The van der Waals surface area contributed by atoms with Gasteiger partial charge < -0.3 is 10.1 Å². The zero-order valence-corrected chi connectivity index (χ0v) is 34.8. The molecule has 64 heavy (non-hydrogen) atoms. The summed E-state index contributed by atoms with van der Waals surface area (Å²) in [4.78, 5) is 41.5. The number of hydrogen-bond acceptors (Lipinski definition) is 10. The first-order valence-corrected chi connectivity index (χ1v) is 21.0. The summed E-state index contributed by atoms with van der Waals surface area (Å²) >= 11 is 6.46. The zero-order chi connectivity index (χ0) is 46.6. The van der Waals surface area contributed by atoms with Crippen LogP contribution in [-0.2, 0) is 46.7 Å². The molecule has 4 heterocycles. The van der Waals surface area contributed by atoms with Crippen molar-refractivity contribution in [2.45, 2.75) is 64.3 Å². The lowest BCUT2D eigenvalue weighted by Crippen LogP contribution is -2.38. The Bertz CT molecular complexity index is 2940. The third-order valence-electron chi connectivity index (χ3n) is 9.82. The fourth-order valence-electron chi connectivity index (χ4n) is 7.35. The second-order valence-corrected chi connectivity index (χ2v) is 16.8. The van der Waals surface area contributed by atoms with Gasteiger partial charge in [0.15, 0.2) is 17.4 Å². The number of carbonyl (C=O) groups excluding carboxylic acids is 1.